The third-order valence-electron chi connectivity index (χ3n) is 3.60. The third kappa shape index (κ3) is 3.11. The lowest BCUT2D eigenvalue weighted by molar-refractivity contribution is -0.122. The standard InChI is InChI=1S/C15H17N3O3/c19-14(16-8-11-4-3-7-21-11)9-18-10-17-13-6-2-1-5-12(13)15(18)20/h1-2,5-6,10-11H,3-4,7-9H2,(H,16,19)/t11-/m0/s1. The van der Waals surface area contributed by atoms with Crippen molar-refractivity contribution in [2.45, 2.75) is 25.5 Å². The van der Waals surface area contributed by atoms with E-state index in [1.807, 2.05) is 6.07 Å². The maximum absolute atomic E-state index is 12.2. The van der Waals surface area contributed by atoms with Gasteiger partial charge in [-0.2, -0.15) is 0 Å². The van der Waals surface area contributed by atoms with E-state index in [-0.39, 0.29) is 24.1 Å². The number of carbonyl (C=O) groups is 1. The number of nitrogens with one attached hydrogen (secondary N) is 1. The van der Waals surface area contributed by atoms with Crippen molar-refractivity contribution in [3.05, 3.63) is 40.9 Å². The third-order valence-corrected chi connectivity index (χ3v) is 3.60. The SMILES string of the molecule is O=C(Cn1cnc2ccccc2c1=O)NC[C@@H]1CCCO1. The van der Waals surface area contributed by atoms with Crippen LogP contribution in [0.2, 0.25) is 0 Å². The largest absolute Gasteiger partial charge is 0.376 e. The molecule has 0 aliphatic carbocycles. The summed E-state index contributed by atoms with van der Waals surface area (Å²) in [6, 6.07) is 7.10. The van der Waals surface area contributed by atoms with Crippen LogP contribution in [-0.2, 0) is 16.1 Å². The van der Waals surface area contributed by atoms with E-state index in [0.29, 0.717) is 17.4 Å². The summed E-state index contributed by atoms with van der Waals surface area (Å²) in [5.41, 5.74) is 0.436. The fraction of sp³-hybridized carbons (Fsp3) is 0.400. The number of hydrogen-bond donors (Lipinski definition) is 1. The highest BCUT2D eigenvalue weighted by Crippen LogP contribution is 2.10. The molecule has 1 N–H and O–H groups in total. The molecule has 0 radical (unpaired) electrons. The van der Waals surface area contributed by atoms with Crippen molar-refractivity contribution >= 4 is 16.8 Å². The Balaban J connectivity index is 1.68. The van der Waals surface area contributed by atoms with E-state index in [1.165, 1.54) is 10.9 Å². The van der Waals surface area contributed by atoms with Gasteiger partial charge in [-0.1, -0.05) is 12.1 Å². The first-order valence-electron chi connectivity index (χ1n) is 7.06. The summed E-state index contributed by atoms with van der Waals surface area (Å²) in [4.78, 5) is 28.3. The van der Waals surface area contributed by atoms with Crippen LogP contribution < -0.4 is 10.9 Å². The molecule has 2 heterocycles. The number of para-hydroxylation sites is 1. The van der Waals surface area contributed by atoms with E-state index in [0.717, 1.165) is 19.4 Å². The van der Waals surface area contributed by atoms with Crippen LogP contribution in [0, 0.1) is 0 Å². The lowest BCUT2D eigenvalue weighted by atomic mass is 10.2. The van der Waals surface area contributed by atoms with Gasteiger partial charge in [-0.05, 0) is 25.0 Å². The Labute approximate surface area is 121 Å². The number of aromatic nitrogens is 2. The highest BCUT2D eigenvalue weighted by Gasteiger charge is 2.16. The van der Waals surface area contributed by atoms with Gasteiger partial charge in [0.1, 0.15) is 6.54 Å². The first-order chi connectivity index (χ1) is 10.2. The van der Waals surface area contributed by atoms with E-state index in [4.69, 9.17) is 4.74 Å². The summed E-state index contributed by atoms with van der Waals surface area (Å²) < 4.78 is 6.77. The minimum absolute atomic E-state index is 0.0244. The highest BCUT2D eigenvalue weighted by molar-refractivity contribution is 5.78. The fourth-order valence-electron chi connectivity index (χ4n) is 2.46. The molecule has 110 valence electrons. The van der Waals surface area contributed by atoms with Crippen LogP contribution in [0.1, 0.15) is 12.8 Å². The maximum atomic E-state index is 12.2. The van der Waals surface area contributed by atoms with Crippen molar-refractivity contribution < 1.29 is 9.53 Å². The van der Waals surface area contributed by atoms with Crippen LogP contribution in [0.25, 0.3) is 10.9 Å². The van der Waals surface area contributed by atoms with Gasteiger partial charge in [0.05, 0.1) is 23.3 Å². The second-order valence-electron chi connectivity index (χ2n) is 5.13. The van der Waals surface area contributed by atoms with Gasteiger partial charge in [0.15, 0.2) is 0 Å². The second-order valence-corrected chi connectivity index (χ2v) is 5.13. The lowest BCUT2D eigenvalue weighted by Crippen LogP contribution is -2.36. The van der Waals surface area contributed by atoms with Gasteiger partial charge >= 0.3 is 0 Å². The van der Waals surface area contributed by atoms with Crippen LogP contribution in [0.4, 0.5) is 0 Å². The van der Waals surface area contributed by atoms with Crippen molar-refractivity contribution in [3.8, 4) is 0 Å². The van der Waals surface area contributed by atoms with Crippen molar-refractivity contribution in [3.63, 3.8) is 0 Å². The van der Waals surface area contributed by atoms with Gasteiger partial charge in [0.2, 0.25) is 5.91 Å². The smallest absolute Gasteiger partial charge is 0.261 e. The Morgan fingerprint density at radius 2 is 2.29 bits per heavy atom. The van der Waals surface area contributed by atoms with Gasteiger partial charge in [-0.3, -0.25) is 14.2 Å². The molecule has 1 aromatic heterocycles. The monoisotopic (exact) mass is 287 g/mol. The van der Waals surface area contributed by atoms with Gasteiger partial charge in [0, 0.05) is 13.2 Å². The summed E-state index contributed by atoms with van der Waals surface area (Å²) in [7, 11) is 0. The molecule has 0 bridgehead atoms. The number of rotatable bonds is 4. The second kappa shape index (κ2) is 6.05. The van der Waals surface area contributed by atoms with E-state index >= 15 is 0 Å². The van der Waals surface area contributed by atoms with E-state index in [2.05, 4.69) is 10.3 Å². The maximum Gasteiger partial charge on any atom is 0.261 e. The Morgan fingerprint density at radius 1 is 1.43 bits per heavy atom. The normalized spacial score (nSPS) is 18.0. The van der Waals surface area contributed by atoms with Gasteiger partial charge in [-0.15, -0.1) is 0 Å². The molecule has 1 amide bonds. The van der Waals surface area contributed by atoms with Crippen molar-refractivity contribution in [2.24, 2.45) is 0 Å². The van der Waals surface area contributed by atoms with Crippen molar-refractivity contribution in [2.75, 3.05) is 13.2 Å². The quantitative estimate of drug-likeness (QED) is 0.898. The zero-order valence-corrected chi connectivity index (χ0v) is 11.6. The average Bonchev–Trinajstić information content (AvgIpc) is 3.02. The number of nitrogens with zero attached hydrogens (tertiary/aromatic N) is 2. The van der Waals surface area contributed by atoms with E-state index in [1.54, 1.807) is 18.2 Å². The van der Waals surface area contributed by atoms with Crippen molar-refractivity contribution in [1.29, 1.82) is 0 Å². The molecule has 1 aromatic carbocycles. The van der Waals surface area contributed by atoms with Crippen LogP contribution in [0.5, 0.6) is 0 Å². The topological polar surface area (TPSA) is 73.2 Å². The molecule has 1 saturated heterocycles. The lowest BCUT2D eigenvalue weighted by Gasteiger charge is -2.11. The number of hydrogen-bond acceptors (Lipinski definition) is 4. The summed E-state index contributed by atoms with van der Waals surface area (Å²) >= 11 is 0. The van der Waals surface area contributed by atoms with Crippen LogP contribution in [0.3, 0.4) is 0 Å². The average molecular weight is 287 g/mol. The number of fused-ring (bicyclic) bond motifs is 1. The molecule has 21 heavy (non-hydrogen) atoms. The molecule has 3 rings (SSSR count). The Bertz CT molecular complexity index is 705. The van der Waals surface area contributed by atoms with Crippen LogP contribution >= 0.6 is 0 Å². The number of carbonyl (C=O) groups excluding carboxylic acids is 1. The Hall–Kier alpha value is -2.21. The number of amides is 1. The van der Waals surface area contributed by atoms with Crippen LogP contribution in [-0.4, -0.2) is 34.7 Å². The minimum Gasteiger partial charge on any atom is -0.376 e. The predicted octanol–water partition coefficient (Wildman–Crippen LogP) is 0.692. The molecule has 6 heteroatoms. The van der Waals surface area contributed by atoms with Crippen molar-refractivity contribution in [1.82, 2.24) is 14.9 Å². The first kappa shape index (κ1) is 13.8. The molecular weight excluding hydrogens is 270 g/mol. The molecular formula is C15H17N3O3. The molecule has 6 nitrogen and oxygen atoms in total. The zero-order valence-electron chi connectivity index (χ0n) is 11.6. The van der Waals surface area contributed by atoms with Gasteiger partial charge in [0.25, 0.3) is 5.56 Å². The summed E-state index contributed by atoms with van der Waals surface area (Å²) in [6.07, 6.45) is 3.52. The predicted molar refractivity (Wildman–Crippen MR) is 78.0 cm³/mol. The molecule has 0 saturated carbocycles. The Kier molecular flexibility index (Phi) is 3.96. The molecule has 0 spiro atoms. The zero-order chi connectivity index (χ0) is 14.7. The summed E-state index contributed by atoms with van der Waals surface area (Å²) in [5, 5.41) is 3.32. The Morgan fingerprint density at radius 3 is 3.10 bits per heavy atom. The molecule has 2 aromatic rings. The fourth-order valence-corrected chi connectivity index (χ4v) is 2.46. The summed E-state index contributed by atoms with van der Waals surface area (Å²) in [5.74, 6) is -0.204. The highest BCUT2D eigenvalue weighted by atomic mass is 16.5. The molecule has 1 aliphatic heterocycles. The molecule has 0 unspecified atom stereocenters. The number of benzene rings is 1. The van der Waals surface area contributed by atoms with Crippen LogP contribution in [0.15, 0.2) is 35.4 Å². The van der Waals surface area contributed by atoms with Gasteiger partial charge in [-0.25, -0.2) is 4.98 Å². The molecule has 1 fully saturated rings. The summed E-state index contributed by atoms with van der Waals surface area (Å²) in [6.45, 7) is 1.23. The van der Waals surface area contributed by atoms with E-state index in [9.17, 15) is 9.59 Å². The molecule has 1 atom stereocenters. The van der Waals surface area contributed by atoms with E-state index < -0.39 is 0 Å². The first-order valence-corrected chi connectivity index (χ1v) is 7.06. The molecule has 1 aliphatic rings. The van der Waals surface area contributed by atoms with Gasteiger partial charge < -0.3 is 10.1 Å². The number of ether oxygens (including phenoxy) is 1. The minimum atomic E-state index is -0.204.